The van der Waals surface area contributed by atoms with E-state index in [4.69, 9.17) is 14.2 Å². The lowest BCUT2D eigenvalue weighted by molar-refractivity contribution is -0.167. The van der Waals surface area contributed by atoms with E-state index >= 15 is 0 Å². The third-order valence-corrected chi connectivity index (χ3v) is 11.6. The van der Waals surface area contributed by atoms with E-state index in [0.29, 0.717) is 19.3 Å². The first-order chi connectivity index (χ1) is 32.5. The second kappa shape index (κ2) is 54.2. The largest absolute Gasteiger partial charge is 0.462 e. The molecule has 0 saturated carbocycles. The van der Waals surface area contributed by atoms with E-state index in [2.05, 4.69) is 106 Å². The number of esters is 3. The van der Waals surface area contributed by atoms with Crippen LogP contribution in [0.25, 0.3) is 0 Å². The molecule has 6 heteroatoms. The molecule has 0 aromatic carbocycles. The maximum atomic E-state index is 12.8. The van der Waals surface area contributed by atoms with Crippen LogP contribution in [0.3, 0.4) is 0 Å². The molecule has 0 heterocycles. The highest BCUT2D eigenvalue weighted by Crippen LogP contribution is 2.14. The highest BCUT2D eigenvalue weighted by molar-refractivity contribution is 5.71. The maximum Gasteiger partial charge on any atom is 0.306 e. The summed E-state index contributed by atoms with van der Waals surface area (Å²) in [5, 5.41) is 0. The molecule has 378 valence electrons. The fourth-order valence-corrected chi connectivity index (χ4v) is 7.47. The number of hydrogen-bond acceptors (Lipinski definition) is 6. The predicted octanol–water partition coefficient (Wildman–Crippen LogP) is 18.4. The van der Waals surface area contributed by atoms with Crippen molar-refractivity contribution in [3.05, 3.63) is 85.1 Å². The molecule has 0 rings (SSSR count). The number of hydrogen-bond donors (Lipinski definition) is 0. The van der Waals surface area contributed by atoms with Crippen LogP contribution in [-0.2, 0) is 28.6 Å². The zero-order valence-corrected chi connectivity index (χ0v) is 43.2. The van der Waals surface area contributed by atoms with Gasteiger partial charge in [0.05, 0.1) is 0 Å². The summed E-state index contributed by atoms with van der Waals surface area (Å²) in [6.07, 6.45) is 70.1. The summed E-state index contributed by atoms with van der Waals surface area (Å²) in [7, 11) is 0. The van der Waals surface area contributed by atoms with Gasteiger partial charge in [-0.25, -0.2) is 0 Å². The minimum atomic E-state index is -0.785. The number of ether oxygens (including phenoxy) is 3. The second-order valence-electron chi connectivity index (χ2n) is 18.1. The first-order valence-corrected chi connectivity index (χ1v) is 27.6. The Bertz CT molecular complexity index is 1290. The minimum absolute atomic E-state index is 0.0856. The topological polar surface area (TPSA) is 78.9 Å². The Labute approximate surface area is 407 Å². The molecule has 0 aromatic heterocycles. The maximum absolute atomic E-state index is 12.8. The lowest BCUT2D eigenvalue weighted by atomic mass is 10.1. The van der Waals surface area contributed by atoms with Crippen molar-refractivity contribution in [3.8, 4) is 0 Å². The first-order valence-electron chi connectivity index (χ1n) is 27.6. The van der Waals surface area contributed by atoms with Gasteiger partial charge in [-0.05, 0) is 109 Å². The van der Waals surface area contributed by atoms with Crippen LogP contribution in [0.4, 0.5) is 0 Å². The van der Waals surface area contributed by atoms with E-state index < -0.39 is 6.10 Å². The quantitative estimate of drug-likeness (QED) is 0.0262. The molecule has 0 amide bonds. The molecule has 0 fully saturated rings. The van der Waals surface area contributed by atoms with E-state index in [1.54, 1.807) is 0 Å². The Balaban J connectivity index is 4.26. The van der Waals surface area contributed by atoms with Crippen LogP contribution in [0.1, 0.15) is 258 Å². The zero-order valence-electron chi connectivity index (χ0n) is 43.2. The molecule has 0 aliphatic rings. The summed E-state index contributed by atoms with van der Waals surface area (Å²) in [5.74, 6) is -0.910. The van der Waals surface area contributed by atoms with Crippen molar-refractivity contribution in [3.63, 3.8) is 0 Å². The first kappa shape index (κ1) is 62.6. The van der Waals surface area contributed by atoms with Gasteiger partial charge in [0.1, 0.15) is 13.2 Å². The molecule has 1 unspecified atom stereocenters. The summed E-state index contributed by atoms with van der Waals surface area (Å²) in [5.41, 5.74) is 0. The molecule has 0 N–H and O–H groups in total. The molecule has 0 spiro atoms. The molecule has 0 radical (unpaired) electrons. The van der Waals surface area contributed by atoms with E-state index in [1.165, 1.54) is 96.3 Å². The Hall–Kier alpha value is -3.41. The highest BCUT2D eigenvalue weighted by atomic mass is 16.6. The van der Waals surface area contributed by atoms with E-state index in [9.17, 15) is 14.4 Å². The van der Waals surface area contributed by atoms with Crippen LogP contribution in [0.5, 0.6) is 0 Å². The van der Waals surface area contributed by atoms with Crippen LogP contribution in [0, 0.1) is 0 Å². The summed E-state index contributed by atoms with van der Waals surface area (Å²) < 4.78 is 16.8. The van der Waals surface area contributed by atoms with Gasteiger partial charge in [0.2, 0.25) is 0 Å². The molecule has 66 heavy (non-hydrogen) atoms. The van der Waals surface area contributed by atoms with E-state index in [1.807, 2.05) is 0 Å². The Morgan fingerprint density at radius 3 is 1.00 bits per heavy atom. The number of allylic oxidation sites excluding steroid dienone is 14. The van der Waals surface area contributed by atoms with E-state index in [0.717, 1.165) is 122 Å². The van der Waals surface area contributed by atoms with Gasteiger partial charge in [0.25, 0.3) is 0 Å². The normalized spacial score (nSPS) is 12.7. The minimum Gasteiger partial charge on any atom is -0.462 e. The van der Waals surface area contributed by atoms with Gasteiger partial charge in [-0.1, -0.05) is 215 Å². The third kappa shape index (κ3) is 51.6. The Kier molecular flexibility index (Phi) is 51.4. The lowest BCUT2D eigenvalue weighted by Gasteiger charge is -2.18. The van der Waals surface area contributed by atoms with E-state index in [-0.39, 0.29) is 31.1 Å². The molecule has 1 atom stereocenters. The number of unbranched alkanes of at least 4 members (excludes halogenated alkanes) is 24. The second-order valence-corrected chi connectivity index (χ2v) is 18.1. The molecule has 0 aromatic rings. The van der Waals surface area contributed by atoms with Crippen LogP contribution >= 0.6 is 0 Å². The molecule has 0 aliphatic carbocycles. The Morgan fingerprint density at radius 1 is 0.318 bits per heavy atom. The van der Waals surface area contributed by atoms with Gasteiger partial charge < -0.3 is 14.2 Å². The Morgan fingerprint density at radius 2 is 0.621 bits per heavy atom. The SMILES string of the molecule is CC/C=C\C/C=C\C/C=C\C/C=C\C/C=C\CCCCCCCCCCCC(=O)OCC(COC(=O)CCCCCCC/C=C\CCC)OC(=O)CCCCCCC/C=C\CCCCCC. The average molecular weight is 919 g/mol. The monoisotopic (exact) mass is 919 g/mol. The van der Waals surface area contributed by atoms with Gasteiger partial charge in [-0.2, -0.15) is 0 Å². The van der Waals surface area contributed by atoms with Crippen molar-refractivity contribution in [1.29, 1.82) is 0 Å². The van der Waals surface area contributed by atoms with Crippen LogP contribution in [0.15, 0.2) is 85.1 Å². The van der Waals surface area contributed by atoms with Crippen LogP contribution in [0.2, 0.25) is 0 Å². The average Bonchev–Trinajstić information content (AvgIpc) is 3.31. The summed E-state index contributed by atoms with van der Waals surface area (Å²) in [6.45, 7) is 6.43. The standard InChI is InChI=1S/C60H102O6/c1-4-7-10-13-16-19-22-24-25-26-27-28-29-30-31-32-33-34-35-37-38-41-44-47-50-53-59(62)65-56-57(55-64-58(61)52-49-46-43-40-21-18-15-12-9-6-3)66-60(63)54-51-48-45-42-39-36-23-20-17-14-11-8-5-2/h7,10,12,15-16,19-20,23-25,27-28,30-31,57H,4-6,8-9,11,13-14,17-18,21-22,26,29,32-56H2,1-3H3/b10-7-,15-12-,19-16-,23-20-,25-24-,28-27-,31-30-. The summed E-state index contributed by atoms with van der Waals surface area (Å²) in [6, 6.07) is 0. The smallest absolute Gasteiger partial charge is 0.306 e. The van der Waals surface area contributed by atoms with Gasteiger partial charge in [-0.3, -0.25) is 14.4 Å². The number of rotatable bonds is 49. The van der Waals surface area contributed by atoms with Crippen molar-refractivity contribution in [2.24, 2.45) is 0 Å². The summed E-state index contributed by atoms with van der Waals surface area (Å²) in [4.78, 5) is 38.0. The van der Waals surface area contributed by atoms with Gasteiger partial charge >= 0.3 is 17.9 Å². The summed E-state index contributed by atoms with van der Waals surface area (Å²) >= 11 is 0. The van der Waals surface area contributed by atoms with Gasteiger partial charge in [-0.15, -0.1) is 0 Å². The third-order valence-electron chi connectivity index (χ3n) is 11.6. The predicted molar refractivity (Wildman–Crippen MR) is 284 cm³/mol. The lowest BCUT2D eigenvalue weighted by Crippen LogP contribution is -2.30. The van der Waals surface area contributed by atoms with Crippen molar-refractivity contribution in [2.45, 2.75) is 264 Å². The van der Waals surface area contributed by atoms with Crippen LogP contribution < -0.4 is 0 Å². The number of carbonyl (C=O) groups excluding carboxylic acids is 3. The number of carbonyl (C=O) groups is 3. The van der Waals surface area contributed by atoms with Gasteiger partial charge in [0, 0.05) is 19.3 Å². The van der Waals surface area contributed by atoms with Crippen LogP contribution in [-0.4, -0.2) is 37.2 Å². The fraction of sp³-hybridized carbons (Fsp3) is 0.717. The van der Waals surface area contributed by atoms with Crippen molar-refractivity contribution in [1.82, 2.24) is 0 Å². The van der Waals surface area contributed by atoms with Crippen molar-refractivity contribution in [2.75, 3.05) is 13.2 Å². The molecular formula is C60H102O6. The van der Waals surface area contributed by atoms with Gasteiger partial charge in [0.15, 0.2) is 6.10 Å². The van der Waals surface area contributed by atoms with Crippen molar-refractivity contribution < 1.29 is 28.6 Å². The van der Waals surface area contributed by atoms with Crippen molar-refractivity contribution >= 4 is 17.9 Å². The molecular weight excluding hydrogens is 817 g/mol. The molecule has 0 bridgehead atoms. The molecule has 0 saturated heterocycles. The fourth-order valence-electron chi connectivity index (χ4n) is 7.47. The highest BCUT2D eigenvalue weighted by Gasteiger charge is 2.19. The molecule has 0 aliphatic heterocycles. The molecule has 6 nitrogen and oxygen atoms in total. The zero-order chi connectivity index (χ0) is 47.9.